The molecule has 3 aromatic rings. The third-order valence-corrected chi connectivity index (χ3v) is 6.77. The lowest BCUT2D eigenvalue weighted by Crippen LogP contribution is -2.51. The molecule has 1 N–H and O–H groups in total. The second-order valence-electron chi connectivity index (χ2n) is 9.88. The molecule has 0 saturated carbocycles. The quantitative estimate of drug-likeness (QED) is 0.509. The third-order valence-electron chi connectivity index (χ3n) is 6.49. The van der Waals surface area contributed by atoms with Crippen LogP contribution in [0.15, 0.2) is 36.7 Å². The Labute approximate surface area is 216 Å². The highest BCUT2D eigenvalue weighted by molar-refractivity contribution is 6.32. The zero-order valence-corrected chi connectivity index (χ0v) is 21.6. The monoisotopic (exact) mass is 512 g/mol. The van der Waals surface area contributed by atoms with Gasteiger partial charge in [-0.1, -0.05) is 37.6 Å². The third kappa shape index (κ3) is 5.61. The van der Waals surface area contributed by atoms with Crippen LogP contribution in [0.25, 0.3) is 11.0 Å². The Morgan fingerprint density at radius 2 is 2.11 bits per heavy atom. The standard InChI is InChI=1S/C27H33ClN4O4/c1-18(2)13-32(14-19-11-21(28)26-23(12-19)34-8-4-9-36-26)27(33)24-16-31(7-10-35-24)15-20-5-3-6-22-25(20)30-17-29-22/h3,5-6,11-12,17-18,24H,4,7-10,13-16H2,1-2H3,(H,29,30). The molecule has 1 aromatic heterocycles. The van der Waals surface area contributed by atoms with Crippen LogP contribution in [0.3, 0.4) is 0 Å². The van der Waals surface area contributed by atoms with Crippen LogP contribution in [0, 0.1) is 5.92 Å². The van der Waals surface area contributed by atoms with Crippen molar-refractivity contribution >= 4 is 28.5 Å². The molecule has 1 unspecified atom stereocenters. The summed E-state index contributed by atoms with van der Waals surface area (Å²) in [5, 5.41) is 0.508. The number of hydrogen-bond acceptors (Lipinski definition) is 6. The second kappa shape index (κ2) is 11.1. The summed E-state index contributed by atoms with van der Waals surface area (Å²) in [7, 11) is 0. The van der Waals surface area contributed by atoms with Crippen LogP contribution in [0.4, 0.5) is 0 Å². The van der Waals surface area contributed by atoms with Gasteiger partial charge >= 0.3 is 0 Å². The van der Waals surface area contributed by atoms with E-state index in [0.29, 0.717) is 61.9 Å². The van der Waals surface area contributed by atoms with E-state index in [-0.39, 0.29) is 5.91 Å². The van der Waals surface area contributed by atoms with Gasteiger partial charge in [-0.2, -0.15) is 0 Å². The molecule has 0 radical (unpaired) electrons. The Morgan fingerprint density at radius 1 is 1.25 bits per heavy atom. The predicted octanol–water partition coefficient (Wildman–Crippen LogP) is 4.26. The van der Waals surface area contributed by atoms with E-state index in [9.17, 15) is 4.79 Å². The Bertz CT molecular complexity index is 1210. The summed E-state index contributed by atoms with van der Waals surface area (Å²) in [6.45, 7) is 8.97. The van der Waals surface area contributed by atoms with E-state index in [0.717, 1.165) is 41.7 Å². The van der Waals surface area contributed by atoms with Gasteiger partial charge in [0.15, 0.2) is 11.5 Å². The van der Waals surface area contributed by atoms with Crippen LogP contribution < -0.4 is 9.47 Å². The molecular weight excluding hydrogens is 480 g/mol. The van der Waals surface area contributed by atoms with Crippen molar-refractivity contribution in [1.29, 1.82) is 0 Å². The average molecular weight is 513 g/mol. The number of imidazole rings is 1. The first-order valence-electron chi connectivity index (χ1n) is 12.6. The number of ether oxygens (including phenoxy) is 3. The van der Waals surface area contributed by atoms with Crippen molar-refractivity contribution in [3.05, 3.63) is 52.8 Å². The smallest absolute Gasteiger partial charge is 0.253 e. The Kier molecular flexibility index (Phi) is 7.65. The van der Waals surface area contributed by atoms with Crippen molar-refractivity contribution in [1.82, 2.24) is 19.8 Å². The fraction of sp³-hybridized carbons (Fsp3) is 0.481. The number of rotatable bonds is 7. The molecule has 1 atom stereocenters. The van der Waals surface area contributed by atoms with Gasteiger partial charge in [-0.25, -0.2) is 4.98 Å². The van der Waals surface area contributed by atoms with Crippen LogP contribution in [-0.2, 0) is 22.6 Å². The molecule has 9 heteroatoms. The van der Waals surface area contributed by atoms with Gasteiger partial charge < -0.3 is 24.1 Å². The summed E-state index contributed by atoms with van der Waals surface area (Å²) in [6.07, 6.45) is 2.00. The van der Waals surface area contributed by atoms with E-state index < -0.39 is 6.10 Å². The van der Waals surface area contributed by atoms with Crippen molar-refractivity contribution in [2.24, 2.45) is 5.92 Å². The van der Waals surface area contributed by atoms with E-state index >= 15 is 0 Å². The summed E-state index contributed by atoms with van der Waals surface area (Å²) in [4.78, 5) is 25.5. The minimum absolute atomic E-state index is 0.00499. The lowest BCUT2D eigenvalue weighted by Gasteiger charge is -2.35. The molecule has 1 fully saturated rings. The molecule has 192 valence electrons. The number of nitrogens with zero attached hydrogens (tertiary/aromatic N) is 3. The van der Waals surface area contributed by atoms with E-state index in [1.807, 2.05) is 29.2 Å². The van der Waals surface area contributed by atoms with Gasteiger partial charge in [0.25, 0.3) is 5.91 Å². The molecule has 1 amide bonds. The molecule has 2 aromatic carbocycles. The van der Waals surface area contributed by atoms with Crippen LogP contribution in [0.5, 0.6) is 11.5 Å². The molecule has 5 rings (SSSR count). The number of aromatic nitrogens is 2. The van der Waals surface area contributed by atoms with Crippen LogP contribution in [0.2, 0.25) is 5.02 Å². The number of halogens is 1. The lowest BCUT2D eigenvalue weighted by atomic mass is 10.1. The highest BCUT2D eigenvalue weighted by Gasteiger charge is 2.31. The molecule has 1 saturated heterocycles. The summed E-state index contributed by atoms with van der Waals surface area (Å²) in [6, 6.07) is 9.95. The molecule has 0 bridgehead atoms. The zero-order chi connectivity index (χ0) is 25.1. The van der Waals surface area contributed by atoms with Crippen molar-refractivity contribution in [2.45, 2.75) is 39.5 Å². The first kappa shape index (κ1) is 24.9. The van der Waals surface area contributed by atoms with Gasteiger partial charge in [0.05, 0.1) is 42.2 Å². The SMILES string of the molecule is CC(C)CN(Cc1cc(Cl)c2c(c1)OCCCO2)C(=O)C1CN(Cc2cccc3[nH]cnc23)CCO1. The van der Waals surface area contributed by atoms with Crippen molar-refractivity contribution in [3.63, 3.8) is 0 Å². The summed E-state index contributed by atoms with van der Waals surface area (Å²) >= 11 is 6.52. The predicted molar refractivity (Wildman–Crippen MR) is 138 cm³/mol. The fourth-order valence-corrected chi connectivity index (χ4v) is 5.15. The van der Waals surface area contributed by atoms with Gasteiger partial charge in [-0.15, -0.1) is 0 Å². The Hall–Kier alpha value is -2.81. The van der Waals surface area contributed by atoms with Gasteiger partial charge in [-0.05, 0) is 35.2 Å². The number of carbonyl (C=O) groups is 1. The number of aromatic amines is 1. The fourth-order valence-electron chi connectivity index (χ4n) is 4.86. The summed E-state index contributed by atoms with van der Waals surface area (Å²) in [5.41, 5.74) is 4.05. The van der Waals surface area contributed by atoms with Crippen molar-refractivity contribution < 1.29 is 19.0 Å². The Balaban J connectivity index is 1.30. The van der Waals surface area contributed by atoms with Gasteiger partial charge in [-0.3, -0.25) is 9.69 Å². The van der Waals surface area contributed by atoms with Gasteiger partial charge in [0.1, 0.15) is 6.10 Å². The first-order chi connectivity index (χ1) is 17.5. The minimum Gasteiger partial charge on any atom is -0.489 e. The molecule has 2 aliphatic rings. The highest BCUT2D eigenvalue weighted by Crippen LogP contribution is 2.38. The maximum Gasteiger partial charge on any atom is 0.253 e. The van der Waals surface area contributed by atoms with E-state index in [2.05, 4.69) is 34.8 Å². The van der Waals surface area contributed by atoms with E-state index in [1.54, 1.807) is 6.33 Å². The number of H-pyrrole nitrogens is 1. The van der Waals surface area contributed by atoms with Crippen molar-refractivity contribution in [2.75, 3.05) is 39.5 Å². The summed E-state index contributed by atoms with van der Waals surface area (Å²) < 4.78 is 17.6. The Morgan fingerprint density at radius 3 is 2.97 bits per heavy atom. The molecule has 3 heterocycles. The second-order valence-corrected chi connectivity index (χ2v) is 10.3. The molecule has 2 aliphatic heterocycles. The number of carbonyl (C=O) groups excluding carboxylic acids is 1. The lowest BCUT2D eigenvalue weighted by molar-refractivity contribution is -0.151. The van der Waals surface area contributed by atoms with Crippen LogP contribution >= 0.6 is 11.6 Å². The van der Waals surface area contributed by atoms with Gasteiger partial charge in [0, 0.05) is 39.1 Å². The average Bonchev–Trinajstić information content (AvgIpc) is 3.22. The number of fused-ring (bicyclic) bond motifs is 2. The zero-order valence-electron chi connectivity index (χ0n) is 20.8. The maximum atomic E-state index is 13.7. The molecular formula is C27H33ClN4O4. The van der Waals surface area contributed by atoms with E-state index in [4.69, 9.17) is 25.8 Å². The maximum absolute atomic E-state index is 13.7. The van der Waals surface area contributed by atoms with E-state index in [1.165, 1.54) is 0 Å². The topological polar surface area (TPSA) is 79.9 Å². The molecule has 36 heavy (non-hydrogen) atoms. The van der Waals surface area contributed by atoms with Crippen LogP contribution in [0.1, 0.15) is 31.4 Å². The summed E-state index contributed by atoms with van der Waals surface area (Å²) in [5.74, 6) is 1.52. The van der Waals surface area contributed by atoms with Crippen molar-refractivity contribution in [3.8, 4) is 11.5 Å². The normalized spacial score (nSPS) is 18.4. The first-order valence-corrected chi connectivity index (χ1v) is 13.0. The number of nitrogens with one attached hydrogen (secondary N) is 1. The number of benzene rings is 2. The largest absolute Gasteiger partial charge is 0.489 e. The molecule has 0 aliphatic carbocycles. The number of para-hydroxylation sites is 1. The van der Waals surface area contributed by atoms with Gasteiger partial charge in [0.2, 0.25) is 0 Å². The number of morpholine rings is 1. The minimum atomic E-state index is -0.522. The number of amides is 1. The number of hydrogen-bond donors (Lipinski definition) is 1. The molecule has 0 spiro atoms. The highest BCUT2D eigenvalue weighted by atomic mass is 35.5. The molecule has 8 nitrogen and oxygen atoms in total. The van der Waals surface area contributed by atoms with Crippen LogP contribution in [-0.4, -0.2) is 71.2 Å².